The number of hydrogen-bond donors (Lipinski definition) is 1. The number of imidazole rings is 1. The summed E-state index contributed by atoms with van der Waals surface area (Å²) in [5.41, 5.74) is 1.39. The summed E-state index contributed by atoms with van der Waals surface area (Å²) in [6.07, 6.45) is -3.21. The Morgan fingerprint density at radius 2 is 1.81 bits per heavy atom. The number of aromatic hydroxyl groups is 1. The molecule has 0 unspecified atom stereocenters. The summed E-state index contributed by atoms with van der Waals surface area (Å²) in [5, 5.41) is 11.3. The van der Waals surface area contributed by atoms with E-state index in [-0.39, 0.29) is 18.1 Å². The molecule has 2 heterocycles. The van der Waals surface area contributed by atoms with Crippen LogP contribution in [0.15, 0.2) is 59.5 Å². The van der Waals surface area contributed by atoms with Gasteiger partial charge in [0.25, 0.3) is 0 Å². The Kier molecular flexibility index (Phi) is 5.29. The van der Waals surface area contributed by atoms with Gasteiger partial charge in [0.05, 0.1) is 30.6 Å². The van der Waals surface area contributed by atoms with Crippen LogP contribution in [-0.4, -0.2) is 32.7 Å². The van der Waals surface area contributed by atoms with Crippen molar-refractivity contribution in [1.29, 1.82) is 0 Å². The lowest BCUT2D eigenvalue weighted by molar-refractivity contribution is -0.274. The third-order valence-corrected chi connectivity index (χ3v) is 5.05. The fourth-order valence-corrected chi connectivity index (χ4v) is 3.57. The van der Waals surface area contributed by atoms with Gasteiger partial charge in [0, 0.05) is 11.6 Å². The Morgan fingerprint density at radius 1 is 1.09 bits per heavy atom. The standard InChI is InChI=1S/C22H18F3N3O4/c1-13-20(29)28(15-6-8-16(9-7-15)32-22(23,24)25)21(30)27(13)12-14-10-11-26-17-4-3-5-18(31-2)19(14)17/h3-11,29H,12H2,1-2H3. The van der Waals surface area contributed by atoms with Crippen molar-refractivity contribution in [2.45, 2.75) is 19.8 Å². The average Bonchev–Trinajstić information content (AvgIpc) is 2.96. The molecule has 32 heavy (non-hydrogen) atoms. The summed E-state index contributed by atoms with van der Waals surface area (Å²) in [6, 6.07) is 11.8. The van der Waals surface area contributed by atoms with Crippen molar-refractivity contribution < 1.29 is 27.8 Å². The van der Waals surface area contributed by atoms with Crippen LogP contribution in [0.25, 0.3) is 16.6 Å². The molecule has 0 saturated heterocycles. The Balaban J connectivity index is 1.76. The second kappa shape index (κ2) is 7.95. The van der Waals surface area contributed by atoms with E-state index in [4.69, 9.17) is 4.74 Å². The SMILES string of the molecule is COc1cccc2nccc(Cn3c(C)c(O)n(-c4ccc(OC(F)(F)F)cc4)c3=O)c12. The number of alkyl halides is 3. The molecule has 0 bridgehead atoms. The first kappa shape index (κ1) is 21.3. The van der Waals surface area contributed by atoms with Crippen molar-refractivity contribution in [3.8, 4) is 23.1 Å². The summed E-state index contributed by atoms with van der Waals surface area (Å²) in [5.74, 6) is -0.148. The third-order valence-electron chi connectivity index (χ3n) is 5.05. The molecular weight excluding hydrogens is 427 g/mol. The van der Waals surface area contributed by atoms with Crippen LogP contribution >= 0.6 is 0 Å². The van der Waals surface area contributed by atoms with Crippen molar-refractivity contribution in [2.24, 2.45) is 0 Å². The van der Waals surface area contributed by atoms with Crippen molar-refractivity contribution in [2.75, 3.05) is 7.11 Å². The van der Waals surface area contributed by atoms with Gasteiger partial charge in [0.1, 0.15) is 11.5 Å². The molecule has 0 aliphatic rings. The highest BCUT2D eigenvalue weighted by Gasteiger charge is 2.31. The highest BCUT2D eigenvalue weighted by atomic mass is 19.4. The molecular formula is C22H18F3N3O4. The summed E-state index contributed by atoms with van der Waals surface area (Å²) in [4.78, 5) is 17.5. The van der Waals surface area contributed by atoms with E-state index in [1.54, 1.807) is 25.3 Å². The predicted octanol–water partition coefficient (Wildman–Crippen LogP) is 4.16. The van der Waals surface area contributed by atoms with Gasteiger partial charge in [0.2, 0.25) is 5.88 Å². The normalized spacial score (nSPS) is 11.7. The number of aromatic nitrogens is 3. The number of pyridine rings is 1. The Labute approximate surface area is 179 Å². The van der Waals surface area contributed by atoms with Crippen LogP contribution in [0.5, 0.6) is 17.4 Å². The molecule has 2 aromatic heterocycles. The predicted molar refractivity (Wildman–Crippen MR) is 111 cm³/mol. The second-order valence-electron chi connectivity index (χ2n) is 6.98. The van der Waals surface area contributed by atoms with Gasteiger partial charge in [-0.3, -0.25) is 9.55 Å². The van der Waals surface area contributed by atoms with Crippen molar-refractivity contribution in [1.82, 2.24) is 14.1 Å². The fourth-order valence-electron chi connectivity index (χ4n) is 3.57. The van der Waals surface area contributed by atoms with Crippen LogP contribution < -0.4 is 15.2 Å². The lowest BCUT2D eigenvalue weighted by Crippen LogP contribution is -2.24. The maximum atomic E-state index is 13.1. The van der Waals surface area contributed by atoms with E-state index >= 15 is 0 Å². The van der Waals surface area contributed by atoms with Gasteiger partial charge in [-0.05, 0) is 55.0 Å². The number of halogens is 3. The third kappa shape index (κ3) is 3.86. The van der Waals surface area contributed by atoms with E-state index in [0.29, 0.717) is 17.0 Å². The molecule has 10 heteroatoms. The van der Waals surface area contributed by atoms with E-state index in [2.05, 4.69) is 9.72 Å². The minimum atomic E-state index is -4.82. The van der Waals surface area contributed by atoms with Gasteiger partial charge in [-0.15, -0.1) is 13.2 Å². The summed E-state index contributed by atoms with van der Waals surface area (Å²) in [6.45, 7) is 1.70. The molecule has 0 aliphatic heterocycles. The van der Waals surface area contributed by atoms with E-state index in [0.717, 1.165) is 27.6 Å². The Morgan fingerprint density at radius 3 is 2.47 bits per heavy atom. The first-order chi connectivity index (χ1) is 15.2. The van der Waals surface area contributed by atoms with Crippen LogP contribution in [0.1, 0.15) is 11.3 Å². The summed E-state index contributed by atoms with van der Waals surface area (Å²) < 4.78 is 48.8. The number of ether oxygens (including phenoxy) is 2. The zero-order valence-electron chi connectivity index (χ0n) is 17.1. The van der Waals surface area contributed by atoms with Gasteiger partial charge in [0.15, 0.2) is 0 Å². The fraction of sp³-hybridized carbons (Fsp3) is 0.182. The zero-order valence-corrected chi connectivity index (χ0v) is 17.1. The average molecular weight is 445 g/mol. The topological polar surface area (TPSA) is 78.5 Å². The number of fused-ring (bicyclic) bond motifs is 1. The molecule has 0 saturated carbocycles. The molecule has 4 aromatic rings. The minimum absolute atomic E-state index is 0.125. The smallest absolute Gasteiger partial charge is 0.496 e. The molecule has 0 aliphatic carbocycles. The molecule has 0 radical (unpaired) electrons. The van der Waals surface area contributed by atoms with Gasteiger partial charge < -0.3 is 14.6 Å². The molecule has 7 nitrogen and oxygen atoms in total. The van der Waals surface area contributed by atoms with Crippen molar-refractivity contribution in [3.05, 3.63) is 76.5 Å². The van der Waals surface area contributed by atoms with E-state index in [1.165, 1.54) is 23.8 Å². The maximum Gasteiger partial charge on any atom is 0.573 e. The molecule has 0 atom stereocenters. The number of hydrogen-bond acceptors (Lipinski definition) is 5. The number of benzene rings is 2. The first-order valence-corrected chi connectivity index (χ1v) is 9.47. The molecule has 166 valence electrons. The summed E-state index contributed by atoms with van der Waals surface area (Å²) >= 11 is 0. The lowest BCUT2D eigenvalue weighted by Gasteiger charge is -2.11. The van der Waals surface area contributed by atoms with Gasteiger partial charge in [-0.1, -0.05) is 6.07 Å². The highest BCUT2D eigenvalue weighted by Crippen LogP contribution is 2.29. The van der Waals surface area contributed by atoms with Crippen LogP contribution in [0.2, 0.25) is 0 Å². The molecule has 4 rings (SSSR count). The van der Waals surface area contributed by atoms with Crippen LogP contribution in [0.3, 0.4) is 0 Å². The van der Waals surface area contributed by atoms with Crippen LogP contribution in [-0.2, 0) is 6.54 Å². The van der Waals surface area contributed by atoms with Crippen molar-refractivity contribution in [3.63, 3.8) is 0 Å². The largest absolute Gasteiger partial charge is 0.573 e. The number of methoxy groups -OCH3 is 1. The van der Waals surface area contributed by atoms with E-state index in [1.807, 2.05) is 12.1 Å². The Hall–Kier alpha value is -3.95. The van der Waals surface area contributed by atoms with Gasteiger partial charge >= 0.3 is 12.1 Å². The van der Waals surface area contributed by atoms with E-state index in [9.17, 15) is 23.1 Å². The first-order valence-electron chi connectivity index (χ1n) is 9.47. The van der Waals surface area contributed by atoms with E-state index < -0.39 is 17.8 Å². The molecule has 2 aromatic carbocycles. The molecule has 0 spiro atoms. The molecule has 1 N–H and O–H groups in total. The maximum absolute atomic E-state index is 13.1. The quantitative estimate of drug-likeness (QED) is 0.499. The molecule has 0 amide bonds. The highest BCUT2D eigenvalue weighted by molar-refractivity contribution is 5.88. The Bertz CT molecular complexity index is 1340. The minimum Gasteiger partial charge on any atom is -0.496 e. The monoisotopic (exact) mass is 445 g/mol. The molecule has 0 fully saturated rings. The zero-order chi connectivity index (χ0) is 23.0. The van der Waals surface area contributed by atoms with Crippen LogP contribution in [0, 0.1) is 6.92 Å². The van der Waals surface area contributed by atoms with Gasteiger partial charge in [-0.2, -0.15) is 0 Å². The number of nitrogens with zero attached hydrogens (tertiary/aromatic N) is 3. The summed E-state index contributed by atoms with van der Waals surface area (Å²) in [7, 11) is 1.54. The van der Waals surface area contributed by atoms with Crippen molar-refractivity contribution >= 4 is 10.9 Å². The second-order valence-corrected chi connectivity index (χ2v) is 6.98. The lowest BCUT2D eigenvalue weighted by atomic mass is 10.1. The number of rotatable bonds is 5. The van der Waals surface area contributed by atoms with Crippen LogP contribution in [0.4, 0.5) is 13.2 Å². The van der Waals surface area contributed by atoms with Gasteiger partial charge in [-0.25, -0.2) is 9.36 Å².